The number of methoxy groups -OCH3 is 2. The number of anilines is 1. The van der Waals surface area contributed by atoms with Crippen LogP contribution in [0, 0.1) is 11.8 Å². The van der Waals surface area contributed by atoms with Gasteiger partial charge >= 0.3 is 5.97 Å². The van der Waals surface area contributed by atoms with Crippen LogP contribution in [0.3, 0.4) is 0 Å². The summed E-state index contributed by atoms with van der Waals surface area (Å²) < 4.78 is 10.3. The van der Waals surface area contributed by atoms with Crippen LogP contribution in [0.4, 0.5) is 5.69 Å². The zero-order chi connectivity index (χ0) is 19.9. The second kappa shape index (κ2) is 7.24. The molecule has 2 saturated heterocycles. The van der Waals surface area contributed by atoms with E-state index in [1.807, 2.05) is 18.2 Å². The zero-order valence-electron chi connectivity index (χ0n) is 16.7. The smallest absolute Gasteiger partial charge is 0.337 e. The number of fused-ring (bicyclic) bond motifs is 4. The second-order valence-corrected chi connectivity index (χ2v) is 8.04. The summed E-state index contributed by atoms with van der Waals surface area (Å²) in [5, 5.41) is 3.10. The average molecular weight is 384 g/mol. The topological polar surface area (TPSA) is 67.9 Å². The van der Waals surface area contributed by atoms with E-state index < -0.39 is 5.41 Å². The van der Waals surface area contributed by atoms with E-state index in [0.717, 1.165) is 43.6 Å². The van der Waals surface area contributed by atoms with Gasteiger partial charge in [0.25, 0.3) is 0 Å². The van der Waals surface area contributed by atoms with Gasteiger partial charge < -0.3 is 14.8 Å². The number of amides is 1. The molecule has 1 spiro atoms. The Bertz CT molecular complexity index is 821. The van der Waals surface area contributed by atoms with Crippen molar-refractivity contribution in [1.29, 1.82) is 0 Å². The molecule has 0 bridgehead atoms. The monoisotopic (exact) mass is 384 g/mol. The lowest BCUT2D eigenvalue weighted by Crippen LogP contribution is -2.53. The van der Waals surface area contributed by atoms with Gasteiger partial charge in [-0.1, -0.05) is 31.5 Å². The maximum Gasteiger partial charge on any atom is 0.337 e. The van der Waals surface area contributed by atoms with Gasteiger partial charge in [-0.05, 0) is 42.9 Å². The number of piperidine rings is 1. The Morgan fingerprint density at radius 2 is 2.14 bits per heavy atom. The highest BCUT2D eigenvalue weighted by Crippen LogP contribution is 2.53. The van der Waals surface area contributed by atoms with Gasteiger partial charge in [0, 0.05) is 18.3 Å². The summed E-state index contributed by atoms with van der Waals surface area (Å²) in [5.41, 5.74) is 2.05. The largest absolute Gasteiger partial charge is 0.504 e. The van der Waals surface area contributed by atoms with Crippen LogP contribution in [0.1, 0.15) is 31.7 Å². The van der Waals surface area contributed by atoms with Gasteiger partial charge in [0.1, 0.15) is 0 Å². The molecule has 0 saturated carbocycles. The Morgan fingerprint density at radius 1 is 1.36 bits per heavy atom. The Kier molecular flexibility index (Phi) is 4.91. The van der Waals surface area contributed by atoms with E-state index in [1.165, 1.54) is 13.4 Å². The molecule has 3 aliphatic heterocycles. The first-order valence-electron chi connectivity index (χ1n) is 10.0. The lowest BCUT2D eigenvalue weighted by molar-refractivity contribution is -0.137. The van der Waals surface area contributed by atoms with Crippen molar-refractivity contribution in [3.8, 4) is 0 Å². The number of esters is 1. The van der Waals surface area contributed by atoms with Gasteiger partial charge in [-0.25, -0.2) is 4.79 Å². The lowest BCUT2D eigenvalue weighted by atomic mass is 9.67. The number of ether oxygens (including phenoxy) is 2. The number of carbonyl (C=O) groups excluding carboxylic acids is 2. The zero-order valence-corrected chi connectivity index (χ0v) is 16.7. The molecule has 0 radical (unpaired) electrons. The summed E-state index contributed by atoms with van der Waals surface area (Å²) in [4.78, 5) is 28.1. The van der Waals surface area contributed by atoms with E-state index in [0.29, 0.717) is 11.5 Å². The summed E-state index contributed by atoms with van der Waals surface area (Å²) in [6.07, 6.45) is 4.04. The minimum atomic E-state index is -0.540. The molecule has 6 nitrogen and oxygen atoms in total. The van der Waals surface area contributed by atoms with Crippen molar-refractivity contribution in [3.63, 3.8) is 0 Å². The Morgan fingerprint density at radius 3 is 2.86 bits per heavy atom. The first kappa shape index (κ1) is 19.0. The van der Waals surface area contributed by atoms with Gasteiger partial charge in [0.15, 0.2) is 0 Å². The van der Waals surface area contributed by atoms with Crippen molar-refractivity contribution in [2.75, 3.05) is 32.6 Å². The second-order valence-electron chi connectivity index (χ2n) is 8.04. The summed E-state index contributed by atoms with van der Waals surface area (Å²) in [7, 11) is 2.95. The molecule has 0 aliphatic carbocycles. The molecule has 0 aromatic heterocycles. The van der Waals surface area contributed by atoms with Gasteiger partial charge in [0.05, 0.1) is 31.5 Å². The molecule has 4 rings (SSSR count). The predicted molar refractivity (Wildman–Crippen MR) is 106 cm³/mol. The maximum atomic E-state index is 13.2. The minimum absolute atomic E-state index is 0.00851. The van der Waals surface area contributed by atoms with Gasteiger partial charge in [-0.15, -0.1) is 0 Å². The van der Waals surface area contributed by atoms with Crippen LogP contribution in [0.25, 0.3) is 0 Å². The van der Waals surface area contributed by atoms with Crippen LogP contribution < -0.4 is 5.32 Å². The van der Waals surface area contributed by atoms with Crippen LogP contribution >= 0.6 is 0 Å². The number of nitrogens with one attached hydrogen (secondary N) is 1. The van der Waals surface area contributed by atoms with E-state index in [9.17, 15) is 9.59 Å². The third kappa shape index (κ3) is 2.65. The van der Waals surface area contributed by atoms with Crippen LogP contribution in [0.2, 0.25) is 0 Å². The van der Waals surface area contributed by atoms with Crippen LogP contribution in [-0.4, -0.2) is 50.1 Å². The summed E-state index contributed by atoms with van der Waals surface area (Å²) in [5.74, 6) is 0.0769. The van der Waals surface area contributed by atoms with Gasteiger partial charge in [0.2, 0.25) is 5.91 Å². The molecule has 1 N–H and O–H groups in total. The summed E-state index contributed by atoms with van der Waals surface area (Å²) in [6, 6.07) is 8.07. The molecule has 1 aromatic carbocycles. The molecule has 3 aliphatic rings. The highest BCUT2D eigenvalue weighted by Gasteiger charge is 2.60. The van der Waals surface area contributed by atoms with Crippen molar-refractivity contribution in [2.24, 2.45) is 11.8 Å². The van der Waals surface area contributed by atoms with E-state index in [1.54, 1.807) is 7.11 Å². The standard InChI is InChI=1S/C22H28N2O4/c1-4-14-12-24-10-9-22(17-7-5-6-8-18(17)23-21(22)26)19(24)11-15(14)16(13-27-2)20(25)28-3/h5-8,13-15,19H,4,9-12H2,1-3H3,(H,23,26)/b16-13+/t14-,15-,19?,22?/m0/s1. The Hall–Kier alpha value is -2.34. The van der Waals surface area contributed by atoms with Crippen molar-refractivity contribution in [2.45, 2.75) is 37.6 Å². The highest BCUT2D eigenvalue weighted by molar-refractivity contribution is 6.07. The molecular weight excluding hydrogens is 356 g/mol. The number of para-hydroxylation sites is 1. The predicted octanol–water partition coefficient (Wildman–Crippen LogP) is 2.70. The molecule has 2 unspecified atom stereocenters. The number of nitrogens with zero attached hydrogens (tertiary/aromatic N) is 1. The first-order valence-corrected chi connectivity index (χ1v) is 10.0. The van der Waals surface area contributed by atoms with Crippen molar-refractivity contribution < 1.29 is 19.1 Å². The minimum Gasteiger partial charge on any atom is -0.504 e. The van der Waals surface area contributed by atoms with E-state index in [2.05, 4.69) is 23.2 Å². The average Bonchev–Trinajstić information content (AvgIpc) is 3.23. The molecule has 6 heteroatoms. The molecule has 1 aromatic rings. The van der Waals surface area contributed by atoms with Crippen LogP contribution in [-0.2, 0) is 24.5 Å². The molecule has 4 atom stereocenters. The van der Waals surface area contributed by atoms with Crippen LogP contribution in [0.15, 0.2) is 36.1 Å². The normalized spacial score (nSPS) is 32.0. The maximum absolute atomic E-state index is 13.2. The first-order chi connectivity index (χ1) is 13.6. The lowest BCUT2D eigenvalue weighted by Gasteiger charge is -2.45. The third-order valence-corrected chi connectivity index (χ3v) is 6.97. The fraction of sp³-hybridized carbons (Fsp3) is 0.545. The molecule has 28 heavy (non-hydrogen) atoms. The van der Waals surface area contributed by atoms with Crippen LogP contribution in [0.5, 0.6) is 0 Å². The van der Waals surface area contributed by atoms with E-state index in [-0.39, 0.29) is 23.8 Å². The quantitative estimate of drug-likeness (QED) is 0.491. The van der Waals surface area contributed by atoms with Crippen molar-refractivity contribution in [3.05, 3.63) is 41.7 Å². The summed E-state index contributed by atoms with van der Waals surface area (Å²) in [6.45, 7) is 3.93. The summed E-state index contributed by atoms with van der Waals surface area (Å²) >= 11 is 0. The van der Waals surface area contributed by atoms with Gasteiger partial charge in [-0.2, -0.15) is 0 Å². The van der Waals surface area contributed by atoms with E-state index in [4.69, 9.17) is 9.47 Å². The molecule has 150 valence electrons. The highest BCUT2D eigenvalue weighted by atomic mass is 16.5. The number of hydrogen-bond acceptors (Lipinski definition) is 5. The number of carbonyl (C=O) groups is 2. The fourth-order valence-corrected chi connectivity index (χ4v) is 5.63. The Labute approximate surface area is 165 Å². The Balaban J connectivity index is 1.74. The molecule has 1 amide bonds. The van der Waals surface area contributed by atoms with Gasteiger partial charge in [-0.3, -0.25) is 9.69 Å². The molecular formula is C22H28N2O4. The fourth-order valence-electron chi connectivity index (χ4n) is 5.63. The van der Waals surface area contributed by atoms with Crippen molar-refractivity contribution in [1.82, 2.24) is 4.90 Å². The molecule has 2 fully saturated rings. The third-order valence-electron chi connectivity index (χ3n) is 6.97. The number of benzene rings is 1. The number of hydrogen-bond donors (Lipinski definition) is 1. The van der Waals surface area contributed by atoms with Crippen molar-refractivity contribution >= 4 is 17.6 Å². The van der Waals surface area contributed by atoms with E-state index >= 15 is 0 Å². The number of rotatable bonds is 4. The SMILES string of the molecule is CC[C@H]1CN2CCC3(C(=O)Nc4ccccc43)C2C[C@@H]1/C(=C\OC)C(=O)OC. The molecule has 3 heterocycles.